The molecule has 0 bridgehead atoms. The third kappa shape index (κ3) is 4.54. The average molecular weight is 383 g/mol. The molecule has 0 radical (unpaired) electrons. The zero-order chi connectivity index (χ0) is 21.5. The molecule has 0 amide bonds. The summed E-state index contributed by atoms with van der Waals surface area (Å²) < 4.78 is 0. The van der Waals surface area contributed by atoms with Gasteiger partial charge in [-0.15, -0.1) is 0 Å². The molecule has 0 saturated carbocycles. The van der Waals surface area contributed by atoms with Gasteiger partial charge >= 0.3 is 0 Å². The van der Waals surface area contributed by atoms with Crippen molar-refractivity contribution in [1.29, 1.82) is 0 Å². The second kappa shape index (κ2) is 7.46. The van der Waals surface area contributed by atoms with Crippen molar-refractivity contribution in [3.8, 4) is 11.5 Å². The van der Waals surface area contributed by atoms with Gasteiger partial charge < -0.3 is 10.2 Å². The van der Waals surface area contributed by atoms with Gasteiger partial charge in [0.05, 0.1) is 0 Å². The first-order chi connectivity index (χ1) is 12.7. The van der Waals surface area contributed by atoms with Gasteiger partial charge in [0.1, 0.15) is 11.5 Å². The molecule has 0 saturated heterocycles. The van der Waals surface area contributed by atoms with Gasteiger partial charge in [-0.3, -0.25) is 0 Å². The largest absolute Gasteiger partial charge is 0.508 e. The van der Waals surface area contributed by atoms with E-state index in [2.05, 4.69) is 86.6 Å². The normalized spacial score (nSPS) is 13.2. The molecule has 0 fully saturated rings. The maximum Gasteiger partial charge on any atom is 0.119 e. The third-order valence-electron chi connectivity index (χ3n) is 5.70. The highest BCUT2D eigenvalue weighted by molar-refractivity contribution is 5.50. The Hall–Kier alpha value is -1.96. The first-order valence-electron chi connectivity index (χ1n) is 10.3. The molecule has 0 heterocycles. The van der Waals surface area contributed by atoms with Crippen molar-refractivity contribution in [3.63, 3.8) is 0 Å². The van der Waals surface area contributed by atoms with Crippen LogP contribution in [0.5, 0.6) is 11.5 Å². The lowest BCUT2D eigenvalue weighted by atomic mass is 9.68. The van der Waals surface area contributed by atoms with Crippen LogP contribution in [0.1, 0.15) is 91.0 Å². The number of phenols is 2. The van der Waals surface area contributed by atoms with Crippen LogP contribution in [0, 0.1) is 5.92 Å². The predicted octanol–water partition coefficient (Wildman–Crippen LogP) is 7.04. The third-order valence-corrected chi connectivity index (χ3v) is 5.70. The molecule has 0 atom stereocenters. The van der Waals surface area contributed by atoms with Crippen LogP contribution in [0.2, 0.25) is 0 Å². The van der Waals surface area contributed by atoms with Gasteiger partial charge in [-0.2, -0.15) is 0 Å². The summed E-state index contributed by atoms with van der Waals surface area (Å²) in [5.74, 6) is 1.21. The average Bonchev–Trinajstić information content (AvgIpc) is 2.52. The number of hydrogen-bond donors (Lipinski definition) is 2. The molecule has 0 aliphatic heterocycles. The quantitative estimate of drug-likeness (QED) is 0.595. The Kier molecular flexibility index (Phi) is 5.95. The van der Waals surface area contributed by atoms with Crippen LogP contribution in [-0.4, -0.2) is 10.2 Å². The van der Waals surface area contributed by atoms with Crippen molar-refractivity contribution in [2.24, 2.45) is 5.92 Å². The van der Waals surface area contributed by atoms with Crippen molar-refractivity contribution in [3.05, 3.63) is 58.7 Å². The van der Waals surface area contributed by atoms with Crippen molar-refractivity contribution < 1.29 is 10.2 Å². The van der Waals surface area contributed by atoms with Gasteiger partial charge in [-0.05, 0) is 57.6 Å². The van der Waals surface area contributed by atoms with Crippen molar-refractivity contribution in [2.45, 2.75) is 85.0 Å². The topological polar surface area (TPSA) is 40.5 Å². The Bertz CT molecular complexity index is 769. The van der Waals surface area contributed by atoms with Crippen LogP contribution < -0.4 is 0 Å². The van der Waals surface area contributed by atoms with Crippen molar-refractivity contribution >= 4 is 0 Å². The summed E-state index contributed by atoms with van der Waals surface area (Å²) >= 11 is 0. The molecule has 2 aromatic carbocycles. The van der Waals surface area contributed by atoms with Gasteiger partial charge in [0.2, 0.25) is 0 Å². The molecule has 0 unspecified atom stereocenters. The lowest BCUT2D eigenvalue weighted by Gasteiger charge is -2.35. The van der Waals surface area contributed by atoms with E-state index < -0.39 is 0 Å². The summed E-state index contributed by atoms with van der Waals surface area (Å²) in [6, 6.07) is 12.1. The van der Waals surface area contributed by atoms with Crippen LogP contribution in [0.3, 0.4) is 0 Å². The highest BCUT2D eigenvalue weighted by Gasteiger charge is 2.33. The minimum atomic E-state index is -0.213. The SMILES string of the molecule is CC(C)CC(C)(c1ccc(O)c(C(C)(C)C)c1)c1ccc(O)c(C(C)(C)C)c1. The molecule has 28 heavy (non-hydrogen) atoms. The molecule has 2 aromatic rings. The van der Waals surface area contributed by atoms with E-state index in [0.717, 1.165) is 17.5 Å². The highest BCUT2D eigenvalue weighted by Crippen LogP contribution is 2.43. The van der Waals surface area contributed by atoms with Crippen LogP contribution in [0.4, 0.5) is 0 Å². The second-order valence-electron chi connectivity index (χ2n) is 10.9. The first-order valence-corrected chi connectivity index (χ1v) is 10.3. The molecule has 2 rings (SSSR count). The molecular formula is C26H38O2. The molecule has 154 valence electrons. The standard InChI is InChI=1S/C26H38O2/c1-17(2)16-26(9,18-10-12-22(27)20(14-18)24(3,4)5)19-11-13-23(28)21(15-19)25(6,7)8/h10-15,17,27-28H,16H2,1-9H3. The Morgan fingerprint density at radius 1 is 0.679 bits per heavy atom. The van der Waals surface area contributed by atoms with Gasteiger partial charge in [0.25, 0.3) is 0 Å². The summed E-state index contributed by atoms with van der Waals surface area (Å²) in [6.07, 6.45) is 0.982. The fourth-order valence-electron chi connectivity index (χ4n) is 4.18. The Morgan fingerprint density at radius 2 is 1.04 bits per heavy atom. The van der Waals surface area contributed by atoms with E-state index in [1.807, 2.05) is 12.1 Å². The number of benzene rings is 2. The van der Waals surface area contributed by atoms with Crippen molar-refractivity contribution in [1.82, 2.24) is 0 Å². The summed E-state index contributed by atoms with van der Waals surface area (Å²) in [6.45, 7) is 19.5. The van der Waals surface area contributed by atoms with E-state index >= 15 is 0 Å². The first kappa shape index (κ1) is 22.3. The fraction of sp³-hybridized carbons (Fsp3) is 0.538. The zero-order valence-corrected chi connectivity index (χ0v) is 19.1. The molecule has 2 nitrogen and oxygen atoms in total. The number of aromatic hydroxyl groups is 2. The summed E-state index contributed by atoms with van der Waals surface area (Å²) in [5, 5.41) is 20.9. The van der Waals surface area contributed by atoms with E-state index in [4.69, 9.17) is 0 Å². The minimum Gasteiger partial charge on any atom is -0.508 e. The van der Waals surface area contributed by atoms with Crippen LogP contribution >= 0.6 is 0 Å². The maximum absolute atomic E-state index is 10.4. The van der Waals surface area contributed by atoms with Crippen LogP contribution in [0.15, 0.2) is 36.4 Å². The zero-order valence-electron chi connectivity index (χ0n) is 19.1. The predicted molar refractivity (Wildman–Crippen MR) is 120 cm³/mol. The van der Waals surface area contributed by atoms with E-state index in [1.54, 1.807) is 0 Å². The number of phenolic OH excluding ortho intramolecular Hbond substituents is 2. The summed E-state index contributed by atoms with van der Waals surface area (Å²) in [4.78, 5) is 0. The van der Waals surface area contributed by atoms with Gasteiger partial charge in [0.15, 0.2) is 0 Å². The lowest BCUT2D eigenvalue weighted by Crippen LogP contribution is -2.27. The molecule has 0 aromatic heterocycles. The van der Waals surface area contributed by atoms with E-state index in [1.165, 1.54) is 11.1 Å². The Labute approximate surface area is 171 Å². The second-order valence-corrected chi connectivity index (χ2v) is 10.9. The lowest BCUT2D eigenvalue weighted by molar-refractivity contribution is 0.416. The molecule has 2 N–H and O–H groups in total. The number of rotatable bonds is 4. The van der Waals surface area contributed by atoms with Crippen LogP contribution in [-0.2, 0) is 16.2 Å². The van der Waals surface area contributed by atoms with E-state index in [9.17, 15) is 10.2 Å². The van der Waals surface area contributed by atoms with Gasteiger partial charge in [-0.25, -0.2) is 0 Å². The van der Waals surface area contributed by atoms with Gasteiger partial charge in [0, 0.05) is 5.41 Å². The summed E-state index contributed by atoms with van der Waals surface area (Å²) in [7, 11) is 0. The van der Waals surface area contributed by atoms with E-state index in [-0.39, 0.29) is 16.2 Å². The monoisotopic (exact) mass is 382 g/mol. The molecule has 0 aliphatic carbocycles. The molecule has 0 aliphatic rings. The minimum absolute atomic E-state index is 0.135. The Morgan fingerprint density at radius 3 is 1.32 bits per heavy atom. The number of hydrogen-bond acceptors (Lipinski definition) is 2. The smallest absolute Gasteiger partial charge is 0.119 e. The highest BCUT2D eigenvalue weighted by atomic mass is 16.3. The van der Waals surface area contributed by atoms with E-state index in [0.29, 0.717) is 17.4 Å². The molecule has 2 heteroatoms. The molecule has 0 spiro atoms. The summed E-state index contributed by atoms with van der Waals surface area (Å²) in [5.41, 5.74) is 3.86. The van der Waals surface area contributed by atoms with Crippen LogP contribution in [0.25, 0.3) is 0 Å². The maximum atomic E-state index is 10.4. The fourth-order valence-corrected chi connectivity index (χ4v) is 4.18. The van der Waals surface area contributed by atoms with Crippen molar-refractivity contribution in [2.75, 3.05) is 0 Å². The molecular weight excluding hydrogens is 344 g/mol. The Balaban J connectivity index is 2.73. The van der Waals surface area contributed by atoms with Gasteiger partial charge in [-0.1, -0.05) is 86.6 Å².